The minimum atomic E-state index is -0.810. The van der Waals surface area contributed by atoms with Gasteiger partial charge in [0.25, 0.3) is 0 Å². The molecule has 0 aromatic rings. The van der Waals surface area contributed by atoms with Gasteiger partial charge in [0.2, 0.25) is 0 Å². The molecular weight excluding hydrogens is 316 g/mol. The van der Waals surface area contributed by atoms with Crippen LogP contribution in [0, 0.1) is 41.4 Å². The number of rotatable bonds is 5. The van der Waals surface area contributed by atoms with Gasteiger partial charge in [0.1, 0.15) is 5.60 Å². The summed E-state index contributed by atoms with van der Waals surface area (Å²) < 4.78 is 6.24. The largest absolute Gasteiger partial charge is 0.481 e. The summed E-state index contributed by atoms with van der Waals surface area (Å²) in [6.07, 6.45) is 9.53. The lowest BCUT2D eigenvalue weighted by Crippen LogP contribution is -2.53. The van der Waals surface area contributed by atoms with Gasteiger partial charge in [-0.15, -0.1) is 0 Å². The molecule has 5 saturated carbocycles. The average molecular weight is 348 g/mol. The van der Waals surface area contributed by atoms with Crippen molar-refractivity contribution in [3.05, 3.63) is 0 Å². The quantitative estimate of drug-likeness (QED) is 0.754. The van der Waals surface area contributed by atoms with Crippen molar-refractivity contribution in [3.8, 4) is 0 Å². The SMILES string of the molecule is CCC1CC(CC)C(C(=O)OC23CC4CC(CC(C4)C2)C3)C1C(=O)O. The van der Waals surface area contributed by atoms with Crippen molar-refractivity contribution in [1.29, 1.82) is 0 Å². The molecule has 4 heteroatoms. The molecule has 0 amide bonds. The number of hydrogen-bond acceptors (Lipinski definition) is 3. The zero-order valence-electron chi connectivity index (χ0n) is 15.6. The van der Waals surface area contributed by atoms with Gasteiger partial charge >= 0.3 is 11.9 Å². The Hall–Kier alpha value is -1.06. The van der Waals surface area contributed by atoms with Gasteiger partial charge in [-0.05, 0) is 74.5 Å². The van der Waals surface area contributed by atoms with E-state index < -0.39 is 17.8 Å². The molecule has 0 aromatic heterocycles. The van der Waals surface area contributed by atoms with Crippen LogP contribution < -0.4 is 0 Å². The minimum absolute atomic E-state index is 0.108. The molecule has 4 atom stereocenters. The van der Waals surface area contributed by atoms with Crippen molar-refractivity contribution < 1.29 is 19.4 Å². The van der Waals surface area contributed by atoms with Crippen LogP contribution >= 0.6 is 0 Å². The molecule has 5 aliphatic carbocycles. The van der Waals surface area contributed by atoms with Gasteiger partial charge in [0.05, 0.1) is 11.8 Å². The second-order valence-electron chi connectivity index (χ2n) is 9.48. The van der Waals surface area contributed by atoms with Crippen molar-refractivity contribution in [2.75, 3.05) is 0 Å². The van der Waals surface area contributed by atoms with Gasteiger partial charge in [-0.1, -0.05) is 26.7 Å². The molecule has 4 nitrogen and oxygen atoms in total. The van der Waals surface area contributed by atoms with Gasteiger partial charge in [-0.3, -0.25) is 9.59 Å². The van der Waals surface area contributed by atoms with Crippen molar-refractivity contribution in [2.24, 2.45) is 41.4 Å². The Morgan fingerprint density at radius 1 is 0.880 bits per heavy atom. The fourth-order valence-corrected chi connectivity index (χ4v) is 7.24. The number of ether oxygens (including phenoxy) is 1. The topological polar surface area (TPSA) is 63.6 Å². The molecule has 5 rings (SSSR count). The van der Waals surface area contributed by atoms with E-state index in [9.17, 15) is 14.7 Å². The highest BCUT2D eigenvalue weighted by atomic mass is 16.6. The molecule has 25 heavy (non-hydrogen) atoms. The van der Waals surface area contributed by atoms with Crippen LogP contribution in [0.25, 0.3) is 0 Å². The van der Waals surface area contributed by atoms with Crippen LogP contribution in [0.15, 0.2) is 0 Å². The summed E-state index contributed by atoms with van der Waals surface area (Å²) in [5.41, 5.74) is -0.266. The van der Waals surface area contributed by atoms with Gasteiger partial charge in [-0.2, -0.15) is 0 Å². The van der Waals surface area contributed by atoms with Crippen LogP contribution in [0.3, 0.4) is 0 Å². The van der Waals surface area contributed by atoms with Crippen LogP contribution in [0.5, 0.6) is 0 Å². The zero-order chi connectivity index (χ0) is 17.8. The van der Waals surface area contributed by atoms with Crippen molar-refractivity contribution in [1.82, 2.24) is 0 Å². The van der Waals surface area contributed by atoms with E-state index in [2.05, 4.69) is 6.92 Å². The number of aliphatic carboxylic acids is 1. The van der Waals surface area contributed by atoms with Gasteiger partial charge in [0, 0.05) is 0 Å². The predicted molar refractivity (Wildman–Crippen MR) is 93.8 cm³/mol. The van der Waals surface area contributed by atoms with Gasteiger partial charge in [-0.25, -0.2) is 0 Å². The van der Waals surface area contributed by atoms with Crippen LogP contribution in [-0.2, 0) is 14.3 Å². The monoisotopic (exact) mass is 348 g/mol. The highest BCUT2D eigenvalue weighted by Crippen LogP contribution is 2.58. The van der Waals surface area contributed by atoms with E-state index in [0.717, 1.165) is 56.3 Å². The molecule has 4 bridgehead atoms. The lowest BCUT2D eigenvalue weighted by Gasteiger charge is -2.56. The van der Waals surface area contributed by atoms with Gasteiger partial charge < -0.3 is 9.84 Å². The molecule has 0 spiro atoms. The number of hydrogen-bond donors (Lipinski definition) is 1. The third-order valence-corrected chi connectivity index (χ3v) is 7.91. The maximum absolute atomic E-state index is 13.2. The maximum Gasteiger partial charge on any atom is 0.310 e. The second-order valence-corrected chi connectivity index (χ2v) is 9.48. The average Bonchev–Trinajstić information content (AvgIpc) is 2.92. The maximum atomic E-state index is 13.2. The molecule has 5 aliphatic rings. The predicted octanol–water partition coefficient (Wildman–Crippen LogP) is 4.27. The molecule has 0 radical (unpaired) electrons. The third kappa shape index (κ3) is 2.90. The summed E-state index contributed by atoms with van der Waals surface area (Å²) in [7, 11) is 0. The summed E-state index contributed by atoms with van der Waals surface area (Å²) >= 11 is 0. The van der Waals surface area contributed by atoms with Crippen LogP contribution in [0.2, 0.25) is 0 Å². The van der Waals surface area contributed by atoms with Crippen LogP contribution in [0.1, 0.15) is 71.6 Å². The summed E-state index contributed by atoms with van der Waals surface area (Å²) in [5.74, 6) is 0.433. The molecular formula is C21H32O4. The Labute approximate surface area is 150 Å². The molecule has 1 N–H and O–H groups in total. The highest BCUT2D eigenvalue weighted by molar-refractivity contribution is 5.82. The smallest absolute Gasteiger partial charge is 0.310 e. The molecule has 0 aliphatic heterocycles. The Balaban J connectivity index is 1.54. The van der Waals surface area contributed by atoms with Gasteiger partial charge in [0.15, 0.2) is 0 Å². The van der Waals surface area contributed by atoms with Crippen molar-refractivity contribution in [2.45, 2.75) is 77.2 Å². The summed E-state index contributed by atoms with van der Waals surface area (Å²) in [6, 6.07) is 0. The highest BCUT2D eigenvalue weighted by Gasteiger charge is 2.56. The van der Waals surface area contributed by atoms with E-state index >= 15 is 0 Å². The van der Waals surface area contributed by atoms with E-state index in [1.165, 1.54) is 19.3 Å². The summed E-state index contributed by atoms with van der Waals surface area (Å²) in [4.78, 5) is 25.1. The molecule has 0 heterocycles. The minimum Gasteiger partial charge on any atom is -0.481 e. The number of esters is 1. The molecule has 0 aromatic carbocycles. The van der Waals surface area contributed by atoms with E-state index in [-0.39, 0.29) is 23.4 Å². The van der Waals surface area contributed by atoms with E-state index in [1.807, 2.05) is 6.92 Å². The number of carboxylic acids is 1. The lowest BCUT2D eigenvalue weighted by atomic mass is 9.54. The standard InChI is InChI=1S/C21H32O4/c1-3-15-8-16(4-2)18(17(15)19(22)23)20(24)25-21-9-12-5-13(10-21)7-14(6-12)11-21/h12-18H,3-11H2,1-2H3,(H,22,23). The lowest BCUT2D eigenvalue weighted by molar-refractivity contribution is -0.195. The Morgan fingerprint density at radius 2 is 1.36 bits per heavy atom. The Kier molecular flexibility index (Phi) is 4.36. The Morgan fingerprint density at radius 3 is 1.80 bits per heavy atom. The second kappa shape index (κ2) is 6.28. The zero-order valence-corrected chi connectivity index (χ0v) is 15.6. The third-order valence-electron chi connectivity index (χ3n) is 7.91. The number of carboxylic acid groups (broad SMARTS) is 1. The summed E-state index contributed by atoms with van der Waals surface area (Å²) in [5, 5.41) is 9.77. The molecule has 5 fully saturated rings. The van der Waals surface area contributed by atoms with Crippen molar-refractivity contribution in [3.63, 3.8) is 0 Å². The fourth-order valence-electron chi connectivity index (χ4n) is 7.24. The Bertz CT molecular complexity index is 519. The fraction of sp³-hybridized carbons (Fsp3) is 0.905. The van der Waals surface area contributed by atoms with Crippen LogP contribution in [0.4, 0.5) is 0 Å². The summed E-state index contributed by atoms with van der Waals surface area (Å²) in [6.45, 7) is 4.12. The first-order valence-electron chi connectivity index (χ1n) is 10.4. The van der Waals surface area contributed by atoms with Crippen molar-refractivity contribution >= 4 is 11.9 Å². The van der Waals surface area contributed by atoms with E-state index in [1.54, 1.807) is 0 Å². The first kappa shape index (κ1) is 17.4. The number of carbonyl (C=O) groups is 2. The van der Waals surface area contributed by atoms with E-state index in [4.69, 9.17) is 4.74 Å². The van der Waals surface area contributed by atoms with Crippen LogP contribution in [-0.4, -0.2) is 22.6 Å². The number of carbonyl (C=O) groups excluding carboxylic acids is 1. The first-order valence-corrected chi connectivity index (χ1v) is 10.4. The van der Waals surface area contributed by atoms with E-state index in [0.29, 0.717) is 0 Å². The molecule has 4 unspecified atom stereocenters. The first-order chi connectivity index (χ1) is 11.9. The molecule has 140 valence electrons. The normalized spacial score (nSPS) is 47.8. The molecule has 0 saturated heterocycles.